The van der Waals surface area contributed by atoms with Crippen LogP contribution in [-0.2, 0) is 6.18 Å². The van der Waals surface area contributed by atoms with E-state index in [-0.39, 0.29) is 0 Å². The molecule has 2 N–H and O–H groups in total. The minimum absolute atomic E-state index is 0.683. The maximum absolute atomic E-state index is 12.7. The molecule has 1 aromatic carbocycles. The number of Topliss-reactive ketones (excluding diaryl/α,β-unsaturated/α-hetero) is 1. The second kappa shape index (κ2) is 4.31. The van der Waals surface area contributed by atoms with E-state index in [0.717, 1.165) is 19.1 Å². The third kappa shape index (κ3) is 2.54. The van der Waals surface area contributed by atoms with Crippen LogP contribution in [0.15, 0.2) is 12.1 Å². The lowest BCUT2D eigenvalue weighted by Crippen LogP contribution is -2.17. The van der Waals surface area contributed by atoms with E-state index in [1.54, 1.807) is 0 Å². The van der Waals surface area contributed by atoms with Crippen LogP contribution in [0.1, 0.15) is 34.8 Å². The van der Waals surface area contributed by atoms with Crippen molar-refractivity contribution in [2.45, 2.75) is 19.5 Å². The molecule has 7 heteroatoms. The third-order valence-corrected chi connectivity index (χ3v) is 2.16. The number of hydrogen-bond acceptors (Lipinski definition) is 2. The number of carbonyl (C=O) groups excluding carboxylic acids is 1. The molecule has 0 spiro atoms. The second-order valence-electron chi connectivity index (χ2n) is 3.35. The number of carbonyl (C=O) groups is 1. The van der Waals surface area contributed by atoms with Crippen molar-refractivity contribution in [2.75, 3.05) is 5.73 Å². The Morgan fingerprint density at radius 2 is 1.82 bits per heavy atom. The smallest absolute Gasteiger partial charge is 0.398 e. The molecular weight excluding hydrogens is 245 g/mol. The summed E-state index contributed by atoms with van der Waals surface area (Å²) in [4.78, 5) is 11.0. The lowest BCUT2D eigenvalue weighted by Gasteiger charge is -2.17. The average molecular weight is 253 g/mol. The molecule has 0 aliphatic heterocycles. The summed E-state index contributed by atoms with van der Waals surface area (Å²) in [5.74, 6) is -0.945. The van der Waals surface area contributed by atoms with E-state index < -0.39 is 40.8 Å². The number of nitrogens with two attached hydrogens (primary N) is 1. The minimum atomic E-state index is -5.05. The van der Waals surface area contributed by atoms with E-state index in [2.05, 4.69) is 0 Å². The standard InChI is InChI=1S/C10H8F5NO/c1-4(17)5-2-3-6(16)7(9(11)12)8(5)10(13,14)15/h2-3,9H,16H2,1H3. The monoisotopic (exact) mass is 253 g/mol. The first-order valence-corrected chi connectivity index (χ1v) is 4.45. The zero-order valence-corrected chi connectivity index (χ0v) is 8.61. The van der Waals surface area contributed by atoms with E-state index in [0.29, 0.717) is 0 Å². The van der Waals surface area contributed by atoms with Gasteiger partial charge in [0.05, 0.1) is 11.1 Å². The zero-order valence-electron chi connectivity index (χ0n) is 8.61. The van der Waals surface area contributed by atoms with E-state index in [4.69, 9.17) is 5.73 Å². The van der Waals surface area contributed by atoms with Gasteiger partial charge in [-0.25, -0.2) is 8.78 Å². The van der Waals surface area contributed by atoms with Crippen LogP contribution < -0.4 is 5.73 Å². The summed E-state index contributed by atoms with van der Waals surface area (Å²) in [5, 5.41) is 0. The third-order valence-electron chi connectivity index (χ3n) is 2.16. The molecule has 0 atom stereocenters. The van der Waals surface area contributed by atoms with Crippen molar-refractivity contribution < 1.29 is 26.7 Å². The van der Waals surface area contributed by atoms with Crippen LogP contribution in [0.3, 0.4) is 0 Å². The van der Waals surface area contributed by atoms with E-state index in [9.17, 15) is 26.7 Å². The molecule has 0 aliphatic rings. The van der Waals surface area contributed by atoms with E-state index >= 15 is 0 Å². The topological polar surface area (TPSA) is 43.1 Å². The number of alkyl halides is 5. The highest BCUT2D eigenvalue weighted by atomic mass is 19.4. The van der Waals surface area contributed by atoms with Gasteiger partial charge >= 0.3 is 6.18 Å². The molecular formula is C10H8F5NO. The van der Waals surface area contributed by atoms with Crippen LogP contribution in [0.5, 0.6) is 0 Å². The number of ketones is 1. The van der Waals surface area contributed by atoms with E-state index in [1.165, 1.54) is 0 Å². The number of hydrogen-bond donors (Lipinski definition) is 1. The Kier molecular flexibility index (Phi) is 3.40. The Labute approximate surface area is 93.2 Å². The van der Waals surface area contributed by atoms with Crippen LogP contribution in [-0.4, -0.2) is 5.78 Å². The van der Waals surface area contributed by atoms with Crippen molar-refractivity contribution in [3.8, 4) is 0 Å². The molecule has 0 amide bonds. The second-order valence-corrected chi connectivity index (χ2v) is 3.35. The van der Waals surface area contributed by atoms with Crippen molar-refractivity contribution >= 4 is 11.5 Å². The SMILES string of the molecule is CC(=O)c1ccc(N)c(C(F)F)c1C(F)(F)F. The van der Waals surface area contributed by atoms with Gasteiger partial charge in [-0.3, -0.25) is 4.79 Å². The summed E-state index contributed by atoms with van der Waals surface area (Å²) in [6.45, 7) is 0.871. The van der Waals surface area contributed by atoms with Gasteiger partial charge in [0.25, 0.3) is 6.43 Å². The summed E-state index contributed by atoms with van der Waals surface area (Å²) >= 11 is 0. The molecule has 0 heterocycles. The fourth-order valence-electron chi connectivity index (χ4n) is 1.47. The molecule has 94 valence electrons. The average Bonchev–Trinajstić information content (AvgIpc) is 2.14. The maximum atomic E-state index is 12.7. The summed E-state index contributed by atoms with van der Waals surface area (Å²) in [7, 11) is 0. The van der Waals surface area contributed by atoms with E-state index in [1.807, 2.05) is 0 Å². The van der Waals surface area contributed by atoms with Crippen LogP contribution in [0.4, 0.5) is 27.6 Å². The van der Waals surface area contributed by atoms with Crippen LogP contribution in [0.2, 0.25) is 0 Å². The molecule has 2 nitrogen and oxygen atoms in total. The highest BCUT2D eigenvalue weighted by Gasteiger charge is 2.40. The molecule has 1 aromatic rings. The fourth-order valence-corrected chi connectivity index (χ4v) is 1.47. The molecule has 17 heavy (non-hydrogen) atoms. The predicted molar refractivity (Wildman–Crippen MR) is 50.8 cm³/mol. The number of rotatable bonds is 2. The first-order chi connectivity index (χ1) is 7.66. The molecule has 0 bridgehead atoms. The highest BCUT2D eigenvalue weighted by Crippen LogP contribution is 2.41. The van der Waals surface area contributed by atoms with Crippen molar-refractivity contribution in [2.24, 2.45) is 0 Å². The molecule has 0 fully saturated rings. The fraction of sp³-hybridized carbons (Fsp3) is 0.300. The van der Waals surface area contributed by atoms with Crippen molar-refractivity contribution in [1.29, 1.82) is 0 Å². The summed E-state index contributed by atoms with van der Waals surface area (Å²) < 4.78 is 63.1. The lowest BCUT2D eigenvalue weighted by atomic mass is 9.96. The van der Waals surface area contributed by atoms with Crippen LogP contribution in [0.25, 0.3) is 0 Å². The van der Waals surface area contributed by atoms with Crippen molar-refractivity contribution in [1.82, 2.24) is 0 Å². The van der Waals surface area contributed by atoms with Crippen molar-refractivity contribution in [3.05, 3.63) is 28.8 Å². The van der Waals surface area contributed by atoms with Gasteiger partial charge in [0.2, 0.25) is 0 Å². The molecule has 0 saturated carbocycles. The highest BCUT2D eigenvalue weighted by molar-refractivity contribution is 5.96. The molecule has 0 saturated heterocycles. The molecule has 0 aliphatic carbocycles. The van der Waals surface area contributed by atoms with Gasteiger partial charge in [0, 0.05) is 11.3 Å². The minimum Gasteiger partial charge on any atom is -0.398 e. The van der Waals surface area contributed by atoms with Gasteiger partial charge in [0.15, 0.2) is 5.78 Å². The first kappa shape index (κ1) is 13.4. The molecule has 0 aromatic heterocycles. The van der Waals surface area contributed by atoms with Gasteiger partial charge in [-0.15, -0.1) is 0 Å². The summed E-state index contributed by atoms with van der Waals surface area (Å²) in [5.41, 5.74) is 0.615. The predicted octanol–water partition coefficient (Wildman–Crippen LogP) is 3.43. The molecule has 1 rings (SSSR count). The molecule has 0 unspecified atom stereocenters. The largest absolute Gasteiger partial charge is 0.417 e. The van der Waals surface area contributed by atoms with Crippen LogP contribution >= 0.6 is 0 Å². The Morgan fingerprint density at radius 1 is 1.29 bits per heavy atom. The first-order valence-electron chi connectivity index (χ1n) is 4.45. The van der Waals surface area contributed by atoms with Gasteiger partial charge in [-0.2, -0.15) is 13.2 Å². The zero-order chi connectivity index (χ0) is 13.4. The van der Waals surface area contributed by atoms with Gasteiger partial charge in [0.1, 0.15) is 0 Å². The Morgan fingerprint density at radius 3 is 2.18 bits per heavy atom. The number of benzene rings is 1. The normalized spacial score (nSPS) is 11.9. The number of halogens is 5. The number of nitrogen functional groups attached to an aromatic ring is 1. The Hall–Kier alpha value is -1.66. The Balaban J connectivity index is 3.68. The van der Waals surface area contributed by atoms with Gasteiger partial charge in [-0.05, 0) is 19.1 Å². The summed E-state index contributed by atoms with van der Waals surface area (Å²) in [6.07, 6.45) is -8.45. The van der Waals surface area contributed by atoms with Gasteiger partial charge < -0.3 is 5.73 Å². The summed E-state index contributed by atoms with van der Waals surface area (Å²) in [6, 6.07) is 1.67. The maximum Gasteiger partial charge on any atom is 0.417 e. The van der Waals surface area contributed by atoms with Crippen LogP contribution in [0, 0.1) is 0 Å². The quantitative estimate of drug-likeness (QED) is 0.498. The number of anilines is 1. The Bertz CT molecular complexity index is 453. The lowest BCUT2D eigenvalue weighted by molar-refractivity contribution is -0.139. The van der Waals surface area contributed by atoms with Crippen molar-refractivity contribution in [3.63, 3.8) is 0 Å². The molecule has 0 radical (unpaired) electrons. The van der Waals surface area contributed by atoms with Gasteiger partial charge in [-0.1, -0.05) is 0 Å².